The van der Waals surface area contributed by atoms with Crippen LogP contribution in [-0.4, -0.2) is 38.2 Å². The monoisotopic (exact) mass is 325 g/mol. The van der Waals surface area contributed by atoms with Crippen LogP contribution in [0.25, 0.3) is 0 Å². The van der Waals surface area contributed by atoms with Gasteiger partial charge in [-0.05, 0) is 31.2 Å². The van der Waals surface area contributed by atoms with Crippen molar-refractivity contribution in [1.82, 2.24) is 5.32 Å². The van der Waals surface area contributed by atoms with Gasteiger partial charge in [-0.3, -0.25) is 9.59 Å². The van der Waals surface area contributed by atoms with Gasteiger partial charge in [0.1, 0.15) is 0 Å². The van der Waals surface area contributed by atoms with E-state index < -0.39 is 0 Å². The number of esters is 1. The van der Waals surface area contributed by atoms with Gasteiger partial charge in [-0.2, -0.15) is 0 Å². The lowest BCUT2D eigenvalue weighted by atomic mass is 9.97. The second-order valence-corrected chi connectivity index (χ2v) is 5.90. The van der Waals surface area contributed by atoms with Crippen LogP contribution in [0.1, 0.15) is 30.1 Å². The molecule has 6 heteroatoms. The van der Waals surface area contributed by atoms with E-state index in [0.717, 1.165) is 25.9 Å². The molecule has 1 aliphatic heterocycles. The van der Waals surface area contributed by atoms with Gasteiger partial charge < -0.3 is 15.0 Å². The molecule has 0 aromatic heterocycles. The molecule has 0 bridgehead atoms. The molecule has 2 N–H and O–H groups in total. The van der Waals surface area contributed by atoms with Crippen LogP contribution >= 0.6 is 11.6 Å². The number of amides is 1. The minimum atomic E-state index is -0.100. The maximum atomic E-state index is 12.0. The molecule has 1 aromatic rings. The van der Waals surface area contributed by atoms with Crippen LogP contribution < -0.4 is 10.2 Å². The summed E-state index contributed by atoms with van der Waals surface area (Å²) in [6.45, 7) is 4.55. The van der Waals surface area contributed by atoms with Gasteiger partial charge in [0.05, 0.1) is 25.6 Å². The number of quaternary nitrogens is 1. The molecule has 120 valence electrons. The Kier molecular flexibility index (Phi) is 6.21. The fourth-order valence-electron chi connectivity index (χ4n) is 2.61. The third-order valence-electron chi connectivity index (χ3n) is 3.92. The van der Waals surface area contributed by atoms with Crippen LogP contribution in [0, 0.1) is 5.92 Å². The third-order valence-corrected chi connectivity index (χ3v) is 4.17. The van der Waals surface area contributed by atoms with Crippen LogP contribution in [0.4, 0.5) is 0 Å². The second-order valence-electron chi connectivity index (χ2n) is 5.47. The van der Waals surface area contributed by atoms with Gasteiger partial charge in [0, 0.05) is 23.4 Å². The van der Waals surface area contributed by atoms with Gasteiger partial charge in [-0.15, -0.1) is 0 Å². The molecule has 0 spiro atoms. The van der Waals surface area contributed by atoms with E-state index >= 15 is 0 Å². The number of halogens is 1. The lowest BCUT2D eigenvalue weighted by Gasteiger charge is -2.28. The van der Waals surface area contributed by atoms with Gasteiger partial charge in [0.2, 0.25) is 0 Å². The van der Waals surface area contributed by atoms with Crippen molar-refractivity contribution in [1.29, 1.82) is 0 Å². The molecule has 2 rings (SSSR count). The van der Waals surface area contributed by atoms with Crippen molar-refractivity contribution in [2.75, 3.05) is 26.4 Å². The van der Waals surface area contributed by atoms with E-state index in [2.05, 4.69) is 5.32 Å². The van der Waals surface area contributed by atoms with Gasteiger partial charge in [0.25, 0.3) is 5.91 Å². The van der Waals surface area contributed by atoms with Crippen LogP contribution in [0.15, 0.2) is 24.3 Å². The first-order chi connectivity index (χ1) is 10.6. The highest BCUT2D eigenvalue weighted by Gasteiger charge is 2.28. The molecular formula is C16H22ClN2O3+. The topological polar surface area (TPSA) is 59.8 Å². The van der Waals surface area contributed by atoms with Crippen molar-refractivity contribution >= 4 is 23.5 Å². The molecule has 0 atom stereocenters. The lowest BCUT2D eigenvalue weighted by Crippen LogP contribution is -3.14. The molecule has 1 saturated heterocycles. The van der Waals surface area contributed by atoms with E-state index in [4.69, 9.17) is 16.3 Å². The number of hydrogen-bond acceptors (Lipinski definition) is 3. The lowest BCUT2D eigenvalue weighted by molar-refractivity contribution is -0.907. The number of carbonyl (C=O) groups excluding carboxylic acids is 2. The highest BCUT2D eigenvalue weighted by Crippen LogP contribution is 2.11. The van der Waals surface area contributed by atoms with Crippen molar-refractivity contribution in [2.24, 2.45) is 5.92 Å². The van der Waals surface area contributed by atoms with Crippen molar-refractivity contribution in [2.45, 2.75) is 19.8 Å². The van der Waals surface area contributed by atoms with E-state index in [0.29, 0.717) is 23.9 Å². The van der Waals surface area contributed by atoms with Gasteiger partial charge in [0.15, 0.2) is 6.67 Å². The highest BCUT2D eigenvalue weighted by molar-refractivity contribution is 6.30. The Labute approximate surface area is 135 Å². The number of carbonyl (C=O) groups is 2. The Hall–Kier alpha value is -1.59. The molecule has 0 radical (unpaired) electrons. The van der Waals surface area contributed by atoms with Crippen LogP contribution in [0.3, 0.4) is 0 Å². The van der Waals surface area contributed by atoms with Crippen molar-refractivity contribution < 1.29 is 19.2 Å². The molecular weight excluding hydrogens is 304 g/mol. The average molecular weight is 326 g/mol. The summed E-state index contributed by atoms with van der Waals surface area (Å²) in [7, 11) is 0. The largest absolute Gasteiger partial charge is 0.466 e. The predicted octanol–water partition coefficient (Wildman–Crippen LogP) is 0.885. The minimum absolute atomic E-state index is 0.00988. The maximum absolute atomic E-state index is 12.0. The molecule has 1 aliphatic rings. The fraction of sp³-hybridized carbons (Fsp3) is 0.500. The van der Waals surface area contributed by atoms with E-state index in [-0.39, 0.29) is 17.8 Å². The van der Waals surface area contributed by atoms with E-state index in [9.17, 15) is 9.59 Å². The van der Waals surface area contributed by atoms with Gasteiger partial charge >= 0.3 is 5.97 Å². The van der Waals surface area contributed by atoms with E-state index in [1.54, 1.807) is 24.3 Å². The van der Waals surface area contributed by atoms with Crippen molar-refractivity contribution in [3.05, 3.63) is 34.9 Å². The fourth-order valence-corrected chi connectivity index (χ4v) is 2.73. The zero-order chi connectivity index (χ0) is 15.9. The summed E-state index contributed by atoms with van der Waals surface area (Å²) < 4.78 is 5.05. The summed E-state index contributed by atoms with van der Waals surface area (Å²) >= 11 is 5.80. The van der Waals surface area contributed by atoms with Crippen LogP contribution in [0.5, 0.6) is 0 Å². The van der Waals surface area contributed by atoms with Gasteiger partial charge in [-0.25, -0.2) is 0 Å². The standard InChI is InChI=1S/C16H21ClN2O3/c1-2-22-16(21)13-7-9-19(10-8-13)11-18-15(20)12-3-5-14(17)6-4-12/h3-6,13H,2,7-11H2,1H3,(H,18,20)/p+1. The van der Waals surface area contributed by atoms with Crippen molar-refractivity contribution in [3.8, 4) is 0 Å². The summed E-state index contributed by atoms with van der Waals surface area (Å²) in [6, 6.07) is 6.82. The Morgan fingerprint density at radius 2 is 1.91 bits per heavy atom. The van der Waals surface area contributed by atoms with Gasteiger partial charge in [-0.1, -0.05) is 11.6 Å². The third kappa shape index (κ3) is 4.71. The molecule has 22 heavy (non-hydrogen) atoms. The predicted molar refractivity (Wildman–Crippen MR) is 83.8 cm³/mol. The summed E-state index contributed by atoms with van der Waals surface area (Å²) in [5.74, 6) is -0.181. The zero-order valence-corrected chi connectivity index (χ0v) is 13.5. The normalized spacial score (nSPS) is 21.2. The van der Waals surface area contributed by atoms with Crippen LogP contribution in [0.2, 0.25) is 5.02 Å². The number of rotatable bonds is 5. The first kappa shape index (κ1) is 16.8. The molecule has 1 amide bonds. The molecule has 0 saturated carbocycles. The van der Waals surface area contributed by atoms with E-state index in [1.807, 2.05) is 6.92 Å². The Bertz CT molecular complexity index is 511. The maximum Gasteiger partial charge on any atom is 0.309 e. The summed E-state index contributed by atoms with van der Waals surface area (Å²) in [4.78, 5) is 25.0. The second kappa shape index (κ2) is 8.15. The summed E-state index contributed by atoms with van der Waals surface area (Å²) in [6.07, 6.45) is 1.62. The number of nitrogens with one attached hydrogen (secondary N) is 2. The van der Waals surface area contributed by atoms with E-state index in [1.165, 1.54) is 4.90 Å². The minimum Gasteiger partial charge on any atom is -0.466 e. The number of hydrogen-bond donors (Lipinski definition) is 2. The first-order valence-electron chi connectivity index (χ1n) is 7.64. The molecule has 0 aliphatic carbocycles. The number of ether oxygens (including phenoxy) is 1. The molecule has 0 unspecified atom stereocenters. The summed E-state index contributed by atoms with van der Waals surface area (Å²) in [5, 5.41) is 3.54. The number of benzene rings is 1. The number of likely N-dealkylation sites (tertiary alicyclic amines) is 1. The highest BCUT2D eigenvalue weighted by atomic mass is 35.5. The molecule has 1 aromatic carbocycles. The molecule has 5 nitrogen and oxygen atoms in total. The number of piperidine rings is 1. The van der Waals surface area contributed by atoms with Crippen LogP contribution in [-0.2, 0) is 9.53 Å². The SMILES string of the molecule is CCOC(=O)C1CC[NH+](CNC(=O)c2ccc(Cl)cc2)CC1. The zero-order valence-electron chi connectivity index (χ0n) is 12.7. The summed E-state index contributed by atoms with van der Waals surface area (Å²) in [5.41, 5.74) is 0.602. The Morgan fingerprint density at radius 1 is 1.27 bits per heavy atom. The average Bonchev–Trinajstić information content (AvgIpc) is 2.54. The molecule has 1 fully saturated rings. The first-order valence-corrected chi connectivity index (χ1v) is 8.02. The molecule has 1 heterocycles. The Balaban J connectivity index is 1.73. The van der Waals surface area contributed by atoms with Crippen molar-refractivity contribution in [3.63, 3.8) is 0 Å². The quantitative estimate of drug-likeness (QED) is 0.790. The Morgan fingerprint density at radius 3 is 2.50 bits per heavy atom. The smallest absolute Gasteiger partial charge is 0.309 e.